The lowest BCUT2D eigenvalue weighted by molar-refractivity contribution is -0.384. The molecule has 0 spiro atoms. The number of hydrogen-bond acceptors (Lipinski definition) is 7. The minimum Gasteiger partial charge on any atom is -0.411 e. The number of hydrogen-bond donors (Lipinski definition) is 0. The second-order valence-electron chi connectivity index (χ2n) is 6.86. The predicted octanol–water partition coefficient (Wildman–Crippen LogP) is 4.31. The first-order valence-electron chi connectivity index (χ1n) is 9.55. The molecule has 9 heteroatoms. The van der Waals surface area contributed by atoms with E-state index in [0.29, 0.717) is 18.2 Å². The van der Waals surface area contributed by atoms with E-state index in [0.717, 1.165) is 12.8 Å². The van der Waals surface area contributed by atoms with Gasteiger partial charge in [-0.3, -0.25) is 14.9 Å². The minimum atomic E-state index is -0.471. The average Bonchev–Trinajstić information content (AvgIpc) is 3.18. The summed E-state index contributed by atoms with van der Waals surface area (Å²) in [5.41, 5.74) is 0.435. The van der Waals surface area contributed by atoms with Crippen LogP contribution in [0.1, 0.15) is 46.0 Å². The van der Waals surface area contributed by atoms with Crippen molar-refractivity contribution in [1.82, 2.24) is 15.1 Å². The van der Waals surface area contributed by atoms with Gasteiger partial charge in [0.25, 0.3) is 10.9 Å². The number of amides is 1. The molecule has 0 saturated heterocycles. The molecule has 3 rings (SSSR count). The number of benzene rings is 1. The molecule has 150 valence electrons. The molecule has 0 bridgehead atoms. The summed E-state index contributed by atoms with van der Waals surface area (Å²) in [6, 6.07) is 6.35. The van der Waals surface area contributed by atoms with E-state index in [1.165, 1.54) is 43.2 Å². The van der Waals surface area contributed by atoms with Gasteiger partial charge in [0, 0.05) is 30.3 Å². The van der Waals surface area contributed by atoms with Gasteiger partial charge >= 0.3 is 0 Å². The van der Waals surface area contributed by atoms with Crippen molar-refractivity contribution in [3.8, 4) is 11.5 Å². The van der Waals surface area contributed by atoms with Crippen molar-refractivity contribution in [2.75, 3.05) is 6.54 Å². The maximum absolute atomic E-state index is 12.9. The Bertz CT molecular complexity index is 835. The number of nitrogens with zero attached hydrogens (tertiary/aromatic N) is 4. The molecule has 0 aliphatic heterocycles. The van der Waals surface area contributed by atoms with E-state index in [-0.39, 0.29) is 28.0 Å². The Morgan fingerprint density at radius 3 is 2.79 bits per heavy atom. The van der Waals surface area contributed by atoms with Gasteiger partial charge in [0.2, 0.25) is 11.8 Å². The third-order valence-electron chi connectivity index (χ3n) is 4.97. The van der Waals surface area contributed by atoms with Gasteiger partial charge in [0.1, 0.15) is 0 Å². The van der Waals surface area contributed by atoms with Crippen LogP contribution in [-0.2, 0) is 4.79 Å². The van der Waals surface area contributed by atoms with Crippen molar-refractivity contribution in [1.29, 1.82) is 0 Å². The zero-order valence-corrected chi connectivity index (χ0v) is 16.9. The molecule has 1 amide bonds. The van der Waals surface area contributed by atoms with Gasteiger partial charge in [-0.25, -0.2) is 0 Å². The van der Waals surface area contributed by atoms with E-state index in [1.807, 2.05) is 18.7 Å². The largest absolute Gasteiger partial charge is 0.411 e. The molecule has 1 saturated carbocycles. The van der Waals surface area contributed by atoms with Crippen molar-refractivity contribution in [3.63, 3.8) is 0 Å². The Morgan fingerprint density at radius 1 is 1.36 bits per heavy atom. The number of rotatable bonds is 7. The Balaban J connectivity index is 1.67. The molecule has 28 heavy (non-hydrogen) atoms. The zero-order valence-electron chi connectivity index (χ0n) is 16.0. The second-order valence-corrected chi connectivity index (χ2v) is 8.15. The molecule has 2 aromatic rings. The van der Waals surface area contributed by atoms with Crippen LogP contribution in [0.3, 0.4) is 0 Å². The average molecular weight is 404 g/mol. The summed E-state index contributed by atoms with van der Waals surface area (Å²) in [5.74, 6) is 0.278. The number of nitro benzene ring substituents is 1. The van der Waals surface area contributed by atoms with Gasteiger partial charge in [-0.15, -0.1) is 10.2 Å². The van der Waals surface area contributed by atoms with Crippen molar-refractivity contribution in [2.45, 2.75) is 62.5 Å². The third kappa shape index (κ3) is 4.70. The number of carbonyl (C=O) groups excluding carboxylic acids is 1. The van der Waals surface area contributed by atoms with Gasteiger partial charge in [0.05, 0.1) is 10.2 Å². The fraction of sp³-hybridized carbons (Fsp3) is 0.526. The molecule has 0 radical (unpaired) electrons. The zero-order chi connectivity index (χ0) is 20.1. The molecule has 1 aliphatic rings. The molecule has 0 unspecified atom stereocenters. The summed E-state index contributed by atoms with van der Waals surface area (Å²) in [5, 5.41) is 18.8. The first kappa shape index (κ1) is 20.3. The van der Waals surface area contributed by atoms with Crippen LogP contribution in [0.25, 0.3) is 11.5 Å². The van der Waals surface area contributed by atoms with Crippen LogP contribution in [0.5, 0.6) is 0 Å². The van der Waals surface area contributed by atoms with Crippen LogP contribution in [0.4, 0.5) is 5.69 Å². The van der Waals surface area contributed by atoms with Gasteiger partial charge in [-0.2, -0.15) is 0 Å². The summed E-state index contributed by atoms with van der Waals surface area (Å²) < 4.78 is 5.63. The fourth-order valence-corrected chi connectivity index (χ4v) is 4.30. The molecule has 0 N–H and O–H groups in total. The number of carbonyl (C=O) groups is 1. The number of non-ortho nitro benzene ring substituents is 1. The monoisotopic (exact) mass is 404 g/mol. The SMILES string of the molecule is CCN(C(=O)[C@@H](C)Sc1nnc(-c2cccc([N+](=O)[O-])c2)o1)C1CCCCC1. The smallest absolute Gasteiger partial charge is 0.277 e. The summed E-state index contributed by atoms with van der Waals surface area (Å²) in [4.78, 5) is 25.3. The standard InChI is InChI=1S/C19H24N4O4S/c1-3-22(15-9-5-4-6-10-15)18(24)13(2)28-19-21-20-17(27-19)14-8-7-11-16(12-14)23(25)26/h7-8,11-13,15H,3-6,9-10H2,1-2H3/t13-/m1/s1. The topological polar surface area (TPSA) is 102 Å². The van der Waals surface area contributed by atoms with E-state index in [2.05, 4.69) is 10.2 Å². The highest BCUT2D eigenvalue weighted by atomic mass is 32.2. The summed E-state index contributed by atoms with van der Waals surface area (Å²) in [7, 11) is 0. The van der Waals surface area contributed by atoms with E-state index in [1.54, 1.807) is 12.1 Å². The summed E-state index contributed by atoms with van der Waals surface area (Å²) in [6.07, 6.45) is 5.72. The summed E-state index contributed by atoms with van der Waals surface area (Å²) >= 11 is 1.22. The second kappa shape index (κ2) is 9.18. The van der Waals surface area contributed by atoms with Crippen LogP contribution in [-0.4, -0.2) is 43.8 Å². The fourth-order valence-electron chi connectivity index (χ4n) is 3.55. The van der Waals surface area contributed by atoms with Crippen LogP contribution in [0.2, 0.25) is 0 Å². The van der Waals surface area contributed by atoms with E-state index in [9.17, 15) is 14.9 Å². The molecular formula is C19H24N4O4S. The molecule has 1 aromatic heterocycles. The lowest BCUT2D eigenvalue weighted by Gasteiger charge is -2.34. The van der Waals surface area contributed by atoms with Gasteiger partial charge in [-0.05, 0) is 32.8 Å². The third-order valence-corrected chi connectivity index (χ3v) is 5.90. The maximum Gasteiger partial charge on any atom is 0.277 e. The maximum atomic E-state index is 12.9. The van der Waals surface area contributed by atoms with Gasteiger partial charge in [0.15, 0.2) is 0 Å². The number of aromatic nitrogens is 2. The van der Waals surface area contributed by atoms with E-state index in [4.69, 9.17) is 4.42 Å². The quantitative estimate of drug-likeness (QED) is 0.385. The van der Waals surface area contributed by atoms with Crippen molar-refractivity contribution in [3.05, 3.63) is 34.4 Å². The summed E-state index contributed by atoms with van der Waals surface area (Å²) in [6.45, 7) is 4.55. The lowest BCUT2D eigenvalue weighted by Crippen LogP contribution is -2.44. The lowest BCUT2D eigenvalue weighted by atomic mass is 9.94. The molecule has 1 aromatic carbocycles. The van der Waals surface area contributed by atoms with Gasteiger partial charge in [-0.1, -0.05) is 37.1 Å². The van der Waals surface area contributed by atoms with Crippen LogP contribution < -0.4 is 0 Å². The van der Waals surface area contributed by atoms with Crippen LogP contribution in [0.15, 0.2) is 33.9 Å². The van der Waals surface area contributed by atoms with Crippen molar-refractivity contribution < 1.29 is 14.1 Å². The van der Waals surface area contributed by atoms with E-state index < -0.39 is 4.92 Å². The predicted molar refractivity (Wildman–Crippen MR) is 106 cm³/mol. The molecule has 1 aliphatic carbocycles. The number of thioether (sulfide) groups is 1. The molecule has 8 nitrogen and oxygen atoms in total. The highest BCUT2D eigenvalue weighted by molar-refractivity contribution is 8.00. The Labute approximate surface area is 167 Å². The molecule has 1 heterocycles. The molecule has 1 fully saturated rings. The van der Waals surface area contributed by atoms with Crippen LogP contribution in [0, 0.1) is 10.1 Å². The molecular weight excluding hydrogens is 380 g/mol. The number of nitro groups is 1. The van der Waals surface area contributed by atoms with E-state index >= 15 is 0 Å². The highest BCUT2D eigenvalue weighted by Crippen LogP contribution is 2.30. The van der Waals surface area contributed by atoms with Crippen molar-refractivity contribution >= 4 is 23.4 Å². The molecule has 1 atom stereocenters. The first-order valence-corrected chi connectivity index (χ1v) is 10.4. The first-order chi connectivity index (χ1) is 13.5. The van der Waals surface area contributed by atoms with Gasteiger partial charge < -0.3 is 9.32 Å². The van der Waals surface area contributed by atoms with Crippen molar-refractivity contribution in [2.24, 2.45) is 0 Å². The Kier molecular flexibility index (Phi) is 6.66. The Morgan fingerprint density at radius 2 is 2.11 bits per heavy atom. The minimum absolute atomic E-state index is 0.0421. The van der Waals surface area contributed by atoms with Crippen LogP contribution >= 0.6 is 11.8 Å². The normalized spacial score (nSPS) is 15.9. The highest BCUT2D eigenvalue weighted by Gasteiger charge is 2.29. The Hall–Kier alpha value is -2.42.